The highest BCUT2D eigenvalue weighted by Gasteiger charge is 2.40. The van der Waals surface area contributed by atoms with E-state index in [0.29, 0.717) is 32.1 Å². The largest absolute Gasteiger partial charge is 0.480 e. The summed E-state index contributed by atoms with van der Waals surface area (Å²) in [6.07, 6.45) is 1.71. The number of urea groups is 1. The number of nitrogens with one attached hydrogen (secondary N) is 1. The second-order valence-corrected chi connectivity index (χ2v) is 5.89. The lowest BCUT2D eigenvalue weighted by atomic mass is 10.2. The monoisotopic (exact) mass is 320 g/mol. The smallest absolute Gasteiger partial charge is 0.327 e. The Balaban J connectivity index is 2.41. The van der Waals surface area contributed by atoms with Crippen LogP contribution in [-0.2, 0) is 14.3 Å². The van der Waals surface area contributed by atoms with Crippen molar-refractivity contribution in [2.24, 2.45) is 0 Å². The Labute approximate surface area is 129 Å². The number of hydrogen-bond donors (Lipinski definition) is 2. The number of hydrogen-bond acceptors (Lipinski definition) is 5. The number of thioether (sulfide) groups is 1. The molecule has 1 fully saturated rings. The summed E-state index contributed by atoms with van der Waals surface area (Å²) in [5.41, 5.74) is 0. The van der Waals surface area contributed by atoms with Gasteiger partial charge in [0.1, 0.15) is 6.04 Å². The van der Waals surface area contributed by atoms with E-state index in [1.54, 1.807) is 7.11 Å². The van der Waals surface area contributed by atoms with Gasteiger partial charge in [-0.2, -0.15) is 0 Å². The highest BCUT2D eigenvalue weighted by molar-refractivity contribution is 8.00. The van der Waals surface area contributed by atoms with E-state index in [-0.39, 0.29) is 11.4 Å². The van der Waals surface area contributed by atoms with Gasteiger partial charge < -0.3 is 19.9 Å². The van der Waals surface area contributed by atoms with Crippen molar-refractivity contribution in [2.75, 3.05) is 39.2 Å². The summed E-state index contributed by atoms with van der Waals surface area (Å²) in [7, 11) is 1.59. The van der Waals surface area contributed by atoms with Crippen LogP contribution in [-0.4, -0.2) is 72.7 Å². The van der Waals surface area contributed by atoms with Gasteiger partial charge in [-0.3, -0.25) is 4.90 Å². The van der Waals surface area contributed by atoms with Crippen LogP contribution in [0.25, 0.3) is 0 Å². The maximum atomic E-state index is 12.2. The van der Waals surface area contributed by atoms with Gasteiger partial charge in [-0.05, 0) is 6.42 Å². The summed E-state index contributed by atoms with van der Waals surface area (Å²) in [5.74, 6) is -0.509. The van der Waals surface area contributed by atoms with Crippen LogP contribution in [0.5, 0.6) is 0 Å². The number of rotatable bonds is 9. The second kappa shape index (κ2) is 9.86. The van der Waals surface area contributed by atoms with Crippen molar-refractivity contribution in [3.05, 3.63) is 0 Å². The molecule has 0 spiro atoms. The first-order chi connectivity index (χ1) is 10.1. The first kappa shape index (κ1) is 18.1. The fraction of sp³-hybridized carbons (Fsp3) is 0.846. The van der Waals surface area contributed by atoms with Crippen LogP contribution in [0.15, 0.2) is 0 Å². The average Bonchev–Trinajstić information content (AvgIpc) is 2.87. The molecule has 1 saturated heterocycles. The summed E-state index contributed by atoms with van der Waals surface area (Å²) >= 11 is 1.53. The molecule has 7 nitrogen and oxygen atoms in total. The molecule has 1 aliphatic heterocycles. The molecule has 1 rings (SSSR count). The highest BCUT2D eigenvalue weighted by atomic mass is 32.2. The van der Waals surface area contributed by atoms with Crippen molar-refractivity contribution in [3.63, 3.8) is 0 Å². The normalized spacial score (nSPS) is 21.5. The standard InChI is InChI=1S/C13H24N2O5S/c1-3-4-11-15(10(9-21-11)12(16)17)13(18)14-5-6-20-8-7-19-2/h10-11H,3-9H2,1-2H3,(H,14,18)(H,16,17). The molecule has 1 aliphatic rings. The lowest BCUT2D eigenvalue weighted by Gasteiger charge is -2.27. The summed E-state index contributed by atoms with van der Waals surface area (Å²) in [4.78, 5) is 24.9. The highest BCUT2D eigenvalue weighted by Crippen LogP contribution is 2.32. The SMILES string of the molecule is CCCC1SCC(C(=O)O)N1C(=O)NCCOCCOC. The first-order valence-corrected chi connectivity index (χ1v) is 8.14. The molecule has 0 aliphatic carbocycles. The minimum absolute atomic E-state index is 0.0643. The molecule has 1 heterocycles. The molecule has 0 aromatic carbocycles. The summed E-state index contributed by atoms with van der Waals surface area (Å²) in [6, 6.07) is -1.08. The fourth-order valence-corrected chi connectivity index (χ4v) is 3.57. The third-order valence-corrected chi connectivity index (χ3v) is 4.46. The Kier molecular flexibility index (Phi) is 8.48. The maximum Gasteiger partial charge on any atom is 0.327 e. The number of amides is 2. The zero-order chi connectivity index (χ0) is 15.7. The van der Waals surface area contributed by atoms with Gasteiger partial charge in [0, 0.05) is 19.4 Å². The molecular formula is C13H24N2O5S. The number of carbonyl (C=O) groups is 2. The number of methoxy groups -OCH3 is 1. The molecule has 2 atom stereocenters. The summed E-state index contributed by atoms with van der Waals surface area (Å²) in [5, 5.41) is 11.9. The number of aliphatic carboxylic acids is 1. The van der Waals surface area contributed by atoms with Crippen LogP contribution >= 0.6 is 11.8 Å². The lowest BCUT2D eigenvalue weighted by molar-refractivity contribution is -0.141. The van der Waals surface area contributed by atoms with Crippen molar-refractivity contribution in [1.82, 2.24) is 10.2 Å². The van der Waals surface area contributed by atoms with E-state index in [9.17, 15) is 14.7 Å². The zero-order valence-corrected chi connectivity index (χ0v) is 13.4. The molecule has 21 heavy (non-hydrogen) atoms. The molecule has 2 N–H and O–H groups in total. The van der Waals surface area contributed by atoms with Crippen molar-refractivity contribution in [2.45, 2.75) is 31.2 Å². The Bertz CT molecular complexity index is 343. The Hall–Kier alpha value is -0.990. The second-order valence-electron chi connectivity index (χ2n) is 4.68. The number of carboxylic acid groups (broad SMARTS) is 1. The number of ether oxygens (including phenoxy) is 2. The van der Waals surface area contributed by atoms with Gasteiger partial charge in [0.15, 0.2) is 0 Å². The molecule has 2 amide bonds. The van der Waals surface area contributed by atoms with Crippen LogP contribution in [0.4, 0.5) is 4.79 Å². The van der Waals surface area contributed by atoms with Crippen LogP contribution in [0, 0.1) is 0 Å². The van der Waals surface area contributed by atoms with Crippen LogP contribution in [0.1, 0.15) is 19.8 Å². The van der Waals surface area contributed by atoms with Crippen LogP contribution < -0.4 is 5.32 Å². The molecule has 0 aromatic heterocycles. The van der Waals surface area contributed by atoms with Crippen molar-refractivity contribution >= 4 is 23.8 Å². The third-order valence-electron chi connectivity index (χ3n) is 3.10. The zero-order valence-electron chi connectivity index (χ0n) is 12.5. The van der Waals surface area contributed by atoms with E-state index in [4.69, 9.17) is 9.47 Å². The Morgan fingerprint density at radius 2 is 2.14 bits per heavy atom. The summed E-state index contributed by atoms with van der Waals surface area (Å²) < 4.78 is 10.1. The predicted molar refractivity (Wildman–Crippen MR) is 80.5 cm³/mol. The quantitative estimate of drug-likeness (QED) is 0.616. The van der Waals surface area contributed by atoms with Crippen LogP contribution in [0.3, 0.4) is 0 Å². The number of carbonyl (C=O) groups excluding carboxylic acids is 1. The molecule has 2 unspecified atom stereocenters. The van der Waals surface area contributed by atoms with E-state index in [1.165, 1.54) is 16.7 Å². The molecule has 8 heteroatoms. The van der Waals surface area contributed by atoms with E-state index >= 15 is 0 Å². The van der Waals surface area contributed by atoms with Gasteiger partial charge in [-0.15, -0.1) is 11.8 Å². The molecule has 122 valence electrons. The molecular weight excluding hydrogens is 296 g/mol. The van der Waals surface area contributed by atoms with E-state index in [1.807, 2.05) is 6.92 Å². The van der Waals surface area contributed by atoms with Crippen molar-refractivity contribution < 1.29 is 24.2 Å². The first-order valence-electron chi connectivity index (χ1n) is 7.09. The maximum absolute atomic E-state index is 12.2. The lowest BCUT2D eigenvalue weighted by Crippen LogP contribution is -2.50. The minimum Gasteiger partial charge on any atom is -0.480 e. The van der Waals surface area contributed by atoms with E-state index in [0.717, 1.165) is 12.8 Å². The Morgan fingerprint density at radius 3 is 2.76 bits per heavy atom. The molecule has 0 radical (unpaired) electrons. The van der Waals surface area contributed by atoms with Crippen molar-refractivity contribution in [3.8, 4) is 0 Å². The van der Waals surface area contributed by atoms with Crippen LogP contribution in [0.2, 0.25) is 0 Å². The fourth-order valence-electron chi connectivity index (χ4n) is 2.06. The molecule has 0 saturated carbocycles. The minimum atomic E-state index is -0.951. The average molecular weight is 320 g/mol. The predicted octanol–water partition coefficient (Wildman–Crippen LogP) is 0.987. The Morgan fingerprint density at radius 1 is 1.38 bits per heavy atom. The van der Waals surface area contributed by atoms with Gasteiger partial charge in [0.05, 0.1) is 25.2 Å². The molecule has 0 bridgehead atoms. The van der Waals surface area contributed by atoms with Gasteiger partial charge in [0.2, 0.25) is 0 Å². The third kappa shape index (κ3) is 5.72. The van der Waals surface area contributed by atoms with Gasteiger partial charge in [-0.1, -0.05) is 13.3 Å². The van der Waals surface area contributed by atoms with E-state index < -0.39 is 12.0 Å². The van der Waals surface area contributed by atoms with Gasteiger partial charge in [-0.25, -0.2) is 9.59 Å². The number of carboxylic acids is 1. The summed E-state index contributed by atoms with van der Waals surface area (Å²) in [6.45, 7) is 3.74. The topological polar surface area (TPSA) is 88.1 Å². The van der Waals surface area contributed by atoms with E-state index in [2.05, 4.69) is 5.32 Å². The molecule has 0 aromatic rings. The van der Waals surface area contributed by atoms with Crippen molar-refractivity contribution in [1.29, 1.82) is 0 Å². The van der Waals surface area contributed by atoms with Gasteiger partial charge in [0.25, 0.3) is 0 Å². The number of nitrogens with zero attached hydrogens (tertiary/aromatic N) is 1. The van der Waals surface area contributed by atoms with Gasteiger partial charge >= 0.3 is 12.0 Å².